The van der Waals surface area contributed by atoms with Gasteiger partial charge in [0.05, 0.1) is 17.3 Å². The topological polar surface area (TPSA) is 58.4 Å². The number of nitrogens with one attached hydrogen (secondary N) is 1. The normalized spacial score (nSPS) is 19.6. The molecule has 3 rings (SSSR count). The first-order valence-electron chi connectivity index (χ1n) is 9.02. The van der Waals surface area contributed by atoms with E-state index < -0.39 is 0 Å². The fourth-order valence-corrected chi connectivity index (χ4v) is 4.23. The van der Waals surface area contributed by atoms with Gasteiger partial charge in [0.15, 0.2) is 0 Å². The second-order valence-electron chi connectivity index (χ2n) is 7.19. The SMILES string of the molecule is Cc1cc(C)c(NC(=O)CN2C[C@@H](CN)[C@H](c3ccccc3)C2)c(Cl)c1.Cl. The molecule has 1 saturated heterocycles. The van der Waals surface area contributed by atoms with Crippen molar-refractivity contribution < 1.29 is 4.79 Å². The molecule has 2 aromatic carbocycles. The number of nitrogens with two attached hydrogens (primary N) is 1. The van der Waals surface area contributed by atoms with Crippen LogP contribution in [0.2, 0.25) is 5.02 Å². The minimum absolute atomic E-state index is 0. The highest BCUT2D eigenvalue weighted by Gasteiger charge is 2.33. The van der Waals surface area contributed by atoms with Gasteiger partial charge in [0.2, 0.25) is 5.91 Å². The fourth-order valence-electron chi connectivity index (χ4n) is 3.86. The molecule has 0 radical (unpaired) electrons. The number of hydrogen-bond acceptors (Lipinski definition) is 3. The van der Waals surface area contributed by atoms with E-state index in [0.29, 0.717) is 35.6 Å². The average Bonchev–Trinajstić information content (AvgIpc) is 3.01. The maximum atomic E-state index is 12.6. The standard InChI is InChI=1S/C21H26ClN3O.ClH/c1-14-8-15(2)21(19(22)9-14)24-20(26)13-25-11-17(10-23)18(12-25)16-6-4-3-5-7-16;/h3-9,17-18H,10-13,23H2,1-2H3,(H,24,26);1H/t17-,18+;/m1./s1. The van der Waals surface area contributed by atoms with Crippen molar-refractivity contribution in [2.45, 2.75) is 19.8 Å². The lowest BCUT2D eigenvalue weighted by atomic mass is 9.89. The molecule has 0 bridgehead atoms. The van der Waals surface area contributed by atoms with Crippen molar-refractivity contribution in [3.05, 3.63) is 64.2 Å². The third-order valence-corrected chi connectivity index (χ3v) is 5.41. The molecule has 1 amide bonds. The number of aryl methyl sites for hydroxylation is 2. The molecule has 1 aliphatic rings. The maximum absolute atomic E-state index is 12.6. The van der Waals surface area contributed by atoms with Crippen LogP contribution in [0.1, 0.15) is 22.6 Å². The number of rotatable bonds is 5. The summed E-state index contributed by atoms with van der Waals surface area (Å²) < 4.78 is 0. The van der Waals surface area contributed by atoms with Crippen LogP contribution in [0.3, 0.4) is 0 Å². The molecule has 0 aliphatic carbocycles. The lowest BCUT2D eigenvalue weighted by molar-refractivity contribution is -0.117. The van der Waals surface area contributed by atoms with Gasteiger partial charge in [-0.1, -0.05) is 48.0 Å². The van der Waals surface area contributed by atoms with Gasteiger partial charge in [-0.05, 0) is 49.1 Å². The minimum atomic E-state index is -0.0386. The first-order chi connectivity index (χ1) is 12.5. The van der Waals surface area contributed by atoms with E-state index in [1.807, 2.05) is 32.0 Å². The molecule has 1 aliphatic heterocycles. The molecule has 27 heavy (non-hydrogen) atoms. The molecule has 4 nitrogen and oxygen atoms in total. The number of nitrogens with zero attached hydrogens (tertiary/aromatic N) is 1. The van der Waals surface area contributed by atoms with E-state index in [0.717, 1.165) is 24.2 Å². The summed E-state index contributed by atoms with van der Waals surface area (Å²) in [6.07, 6.45) is 0. The monoisotopic (exact) mass is 407 g/mol. The number of likely N-dealkylation sites (tertiary alicyclic amines) is 1. The molecule has 0 unspecified atom stereocenters. The Labute approximate surface area is 172 Å². The summed E-state index contributed by atoms with van der Waals surface area (Å²) in [5.74, 6) is 0.705. The van der Waals surface area contributed by atoms with Crippen molar-refractivity contribution in [1.82, 2.24) is 4.90 Å². The number of halogens is 2. The second-order valence-corrected chi connectivity index (χ2v) is 7.60. The summed E-state index contributed by atoms with van der Waals surface area (Å²) in [6.45, 7) is 6.61. The number of anilines is 1. The Balaban J connectivity index is 0.00000261. The second kappa shape index (κ2) is 9.56. The van der Waals surface area contributed by atoms with Crippen molar-refractivity contribution in [3.63, 3.8) is 0 Å². The van der Waals surface area contributed by atoms with Crippen molar-refractivity contribution >= 4 is 35.6 Å². The van der Waals surface area contributed by atoms with Gasteiger partial charge in [-0.15, -0.1) is 12.4 Å². The number of hydrogen-bond donors (Lipinski definition) is 2. The Hall–Kier alpha value is -1.59. The van der Waals surface area contributed by atoms with Gasteiger partial charge in [0, 0.05) is 19.0 Å². The Bertz CT molecular complexity index is 759. The molecule has 6 heteroatoms. The zero-order chi connectivity index (χ0) is 18.7. The largest absolute Gasteiger partial charge is 0.330 e. The molecule has 3 N–H and O–H groups in total. The summed E-state index contributed by atoms with van der Waals surface area (Å²) in [5.41, 5.74) is 10.1. The highest BCUT2D eigenvalue weighted by molar-refractivity contribution is 6.34. The van der Waals surface area contributed by atoms with E-state index in [4.69, 9.17) is 17.3 Å². The van der Waals surface area contributed by atoms with Gasteiger partial charge in [0.25, 0.3) is 0 Å². The lowest BCUT2D eigenvalue weighted by Crippen LogP contribution is -2.32. The zero-order valence-electron chi connectivity index (χ0n) is 15.7. The van der Waals surface area contributed by atoms with Gasteiger partial charge in [-0.3, -0.25) is 9.69 Å². The highest BCUT2D eigenvalue weighted by atomic mass is 35.5. The Kier molecular flexibility index (Phi) is 7.68. The Morgan fingerprint density at radius 2 is 1.93 bits per heavy atom. The molecule has 0 saturated carbocycles. The minimum Gasteiger partial charge on any atom is -0.330 e. The summed E-state index contributed by atoms with van der Waals surface area (Å²) in [7, 11) is 0. The van der Waals surface area contributed by atoms with Crippen LogP contribution in [0.25, 0.3) is 0 Å². The maximum Gasteiger partial charge on any atom is 0.238 e. The quantitative estimate of drug-likeness (QED) is 0.787. The summed E-state index contributed by atoms with van der Waals surface area (Å²) in [6, 6.07) is 14.3. The molecular weight excluding hydrogens is 381 g/mol. The van der Waals surface area contributed by atoms with E-state index in [2.05, 4.69) is 34.5 Å². The molecule has 1 fully saturated rings. The Morgan fingerprint density at radius 3 is 2.56 bits per heavy atom. The first-order valence-corrected chi connectivity index (χ1v) is 9.39. The first kappa shape index (κ1) is 21.7. The highest BCUT2D eigenvalue weighted by Crippen LogP contribution is 2.32. The summed E-state index contributed by atoms with van der Waals surface area (Å²) in [4.78, 5) is 14.7. The number of amides is 1. The van der Waals surface area contributed by atoms with Gasteiger partial charge in [0.1, 0.15) is 0 Å². The van der Waals surface area contributed by atoms with Crippen molar-refractivity contribution in [1.29, 1.82) is 0 Å². The predicted octanol–water partition coefficient (Wildman–Crippen LogP) is 3.99. The van der Waals surface area contributed by atoms with Gasteiger partial charge in [-0.25, -0.2) is 0 Å². The molecule has 1 heterocycles. The van der Waals surface area contributed by atoms with Crippen LogP contribution in [0.5, 0.6) is 0 Å². The summed E-state index contributed by atoms with van der Waals surface area (Å²) in [5, 5.41) is 3.56. The van der Waals surface area contributed by atoms with Crippen molar-refractivity contribution in [3.8, 4) is 0 Å². The molecule has 0 aromatic heterocycles. The zero-order valence-corrected chi connectivity index (χ0v) is 17.3. The van der Waals surface area contributed by atoms with Crippen LogP contribution in [0.15, 0.2) is 42.5 Å². The molecule has 0 spiro atoms. The van der Waals surface area contributed by atoms with E-state index >= 15 is 0 Å². The average molecular weight is 408 g/mol. The third kappa shape index (κ3) is 5.23. The van der Waals surface area contributed by atoms with E-state index in [1.54, 1.807) is 0 Å². The van der Waals surface area contributed by atoms with Gasteiger partial charge in [-0.2, -0.15) is 0 Å². The predicted molar refractivity (Wildman–Crippen MR) is 115 cm³/mol. The molecule has 2 atom stereocenters. The van der Waals surface area contributed by atoms with Crippen LogP contribution in [-0.4, -0.2) is 37.0 Å². The van der Waals surface area contributed by atoms with Gasteiger partial charge >= 0.3 is 0 Å². The fraction of sp³-hybridized carbons (Fsp3) is 0.381. The van der Waals surface area contributed by atoms with Crippen LogP contribution >= 0.6 is 24.0 Å². The third-order valence-electron chi connectivity index (χ3n) is 5.11. The van der Waals surface area contributed by atoms with E-state index in [1.165, 1.54) is 5.56 Å². The summed E-state index contributed by atoms with van der Waals surface area (Å²) >= 11 is 6.30. The number of carbonyl (C=O) groups excluding carboxylic acids is 1. The molecule has 2 aromatic rings. The molecular formula is C21H27Cl2N3O. The van der Waals surface area contributed by atoms with Gasteiger partial charge < -0.3 is 11.1 Å². The van der Waals surface area contributed by atoms with Crippen molar-refractivity contribution in [2.75, 3.05) is 31.5 Å². The van der Waals surface area contributed by atoms with Crippen LogP contribution in [-0.2, 0) is 4.79 Å². The number of benzene rings is 2. The van der Waals surface area contributed by atoms with E-state index in [-0.39, 0.29) is 18.3 Å². The smallest absolute Gasteiger partial charge is 0.238 e. The number of carbonyl (C=O) groups is 1. The van der Waals surface area contributed by atoms with Crippen LogP contribution < -0.4 is 11.1 Å². The van der Waals surface area contributed by atoms with Crippen LogP contribution in [0.4, 0.5) is 5.69 Å². The Morgan fingerprint density at radius 1 is 1.22 bits per heavy atom. The van der Waals surface area contributed by atoms with Crippen molar-refractivity contribution in [2.24, 2.45) is 11.7 Å². The molecule has 146 valence electrons. The lowest BCUT2D eigenvalue weighted by Gasteiger charge is -2.17. The van der Waals surface area contributed by atoms with Crippen LogP contribution in [0, 0.1) is 19.8 Å². The van der Waals surface area contributed by atoms with E-state index in [9.17, 15) is 4.79 Å².